The van der Waals surface area contributed by atoms with Crippen molar-refractivity contribution < 1.29 is 4.79 Å². The summed E-state index contributed by atoms with van der Waals surface area (Å²) in [7, 11) is 0. The highest BCUT2D eigenvalue weighted by molar-refractivity contribution is 9.10. The van der Waals surface area contributed by atoms with Crippen molar-refractivity contribution in [3.63, 3.8) is 0 Å². The molecular formula is C20H26BrNOS. The molecule has 4 heteroatoms. The fraction of sp³-hybridized carbons (Fsp3) is 0.750. The van der Waals surface area contributed by atoms with E-state index in [4.69, 9.17) is 0 Å². The van der Waals surface area contributed by atoms with E-state index in [1.165, 1.54) is 43.4 Å². The molecule has 2 nitrogen and oxygen atoms in total. The van der Waals surface area contributed by atoms with Crippen LogP contribution in [0.4, 0.5) is 0 Å². The number of carbonyl (C=O) groups is 1. The number of rotatable bonds is 3. The van der Waals surface area contributed by atoms with Gasteiger partial charge in [0.05, 0.1) is 6.04 Å². The van der Waals surface area contributed by atoms with Crippen LogP contribution < -0.4 is 0 Å². The van der Waals surface area contributed by atoms with Gasteiger partial charge in [-0.3, -0.25) is 4.79 Å². The quantitative estimate of drug-likeness (QED) is 0.602. The summed E-state index contributed by atoms with van der Waals surface area (Å²) in [5.41, 5.74) is 0.299. The fourth-order valence-corrected chi connectivity index (χ4v) is 9.19. The third-order valence-electron chi connectivity index (χ3n) is 7.08. The predicted octanol–water partition coefficient (Wildman–Crippen LogP) is 5.54. The maximum Gasteiger partial charge on any atom is 0.223 e. The summed E-state index contributed by atoms with van der Waals surface area (Å²) in [4.78, 5) is 16.8. The van der Waals surface area contributed by atoms with Crippen molar-refractivity contribution >= 4 is 33.2 Å². The Balaban J connectivity index is 1.35. The van der Waals surface area contributed by atoms with Gasteiger partial charge in [-0.25, -0.2) is 0 Å². The van der Waals surface area contributed by atoms with E-state index < -0.39 is 0 Å². The Morgan fingerprint density at radius 1 is 1.29 bits per heavy atom. The van der Waals surface area contributed by atoms with E-state index >= 15 is 0 Å². The molecule has 1 amide bonds. The van der Waals surface area contributed by atoms with Crippen molar-refractivity contribution in [1.29, 1.82) is 0 Å². The molecule has 5 aliphatic rings. The maximum absolute atomic E-state index is 13.3. The lowest BCUT2D eigenvalue weighted by Gasteiger charge is -2.60. The molecule has 0 N–H and O–H groups in total. The van der Waals surface area contributed by atoms with E-state index in [1.54, 1.807) is 0 Å². The van der Waals surface area contributed by atoms with Crippen molar-refractivity contribution in [2.45, 2.75) is 68.2 Å². The lowest BCUT2D eigenvalue weighted by Crippen LogP contribution is -2.54. The number of hydrogen-bond donors (Lipinski definition) is 0. The molecule has 4 saturated carbocycles. The Bertz CT molecular complexity index is 628. The zero-order chi connectivity index (χ0) is 16.4. The number of thiophene rings is 1. The van der Waals surface area contributed by atoms with Crippen LogP contribution in [0.3, 0.4) is 0 Å². The molecule has 0 aromatic carbocycles. The Labute approximate surface area is 157 Å². The monoisotopic (exact) mass is 407 g/mol. The SMILES string of the molecule is O=C(CC12CC3CC(CC(Br)(C3)C1)C2)N1CCCC1c1cccs1. The van der Waals surface area contributed by atoms with Crippen LogP contribution in [-0.4, -0.2) is 21.7 Å². The number of alkyl halides is 1. The number of carbonyl (C=O) groups excluding carboxylic acids is 1. The summed E-state index contributed by atoms with van der Waals surface area (Å²) in [5.74, 6) is 2.17. The molecule has 3 atom stereocenters. The van der Waals surface area contributed by atoms with Gasteiger partial charge in [0, 0.05) is 22.2 Å². The molecule has 5 fully saturated rings. The van der Waals surface area contributed by atoms with E-state index in [1.807, 2.05) is 11.3 Å². The molecule has 1 aromatic rings. The number of hydrogen-bond acceptors (Lipinski definition) is 2. The first-order valence-electron chi connectivity index (χ1n) is 9.56. The summed E-state index contributed by atoms with van der Waals surface area (Å²) in [6.45, 7) is 0.962. The highest BCUT2D eigenvalue weighted by Gasteiger charge is 2.57. The van der Waals surface area contributed by atoms with E-state index in [9.17, 15) is 4.79 Å². The maximum atomic E-state index is 13.3. The summed E-state index contributed by atoms with van der Waals surface area (Å²) in [5, 5.41) is 2.14. The van der Waals surface area contributed by atoms with Gasteiger partial charge in [0.2, 0.25) is 5.91 Å². The molecule has 1 saturated heterocycles. The third kappa shape index (κ3) is 2.59. The molecule has 1 aliphatic heterocycles. The average Bonchev–Trinajstić information content (AvgIpc) is 3.15. The van der Waals surface area contributed by atoms with Crippen LogP contribution in [0.5, 0.6) is 0 Å². The Hall–Kier alpha value is -0.350. The number of amides is 1. The van der Waals surface area contributed by atoms with E-state index in [0.29, 0.717) is 21.7 Å². The van der Waals surface area contributed by atoms with Gasteiger partial charge >= 0.3 is 0 Å². The summed E-state index contributed by atoms with van der Waals surface area (Å²) in [6, 6.07) is 4.68. The topological polar surface area (TPSA) is 20.3 Å². The largest absolute Gasteiger partial charge is 0.335 e. The van der Waals surface area contributed by atoms with Crippen molar-refractivity contribution in [3.8, 4) is 0 Å². The summed E-state index contributed by atoms with van der Waals surface area (Å²) >= 11 is 5.90. The van der Waals surface area contributed by atoms with Crippen molar-refractivity contribution in [2.75, 3.05) is 6.54 Å². The van der Waals surface area contributed by atoms with Gasteiger partial charge in [-0.2, -0.15) is 0 Å². The first kappa shape index (κ1) is 15.9. The zero-order valence-electron chi connectivity index (χ0n) is 14.2. The molecule has 130 valence electrons. The average molecular weight is 408 g/mol. The van der Waals surface area contributed by atoms with Crippen LogP contribution in [0.1, 0.15) is 68.7 Å². The van der Waals surface area contributed by atoms with Crippen LogP contribution in [0, 0.1) is 17.3 Å². The molecule has 2 heterocycles. The fourth-order valence-electron chi connectivity index (χ4n) is 6.81. The molecular weight excluding hydrogens is 382 g/mol. The molecule has 0 radical (unpaired) electrons. The molecule has 4 aliphatic carbocycles. The Morgan fingerprint density at radius 3 is 2.75 bits per heavy atom. The second-order valence-electron chi connectivity index (χ2n) is 9.05. The van der Waals surface area contributed by atoms with Gasteiger partial charge in [0.1, 0.15) is 0 Å². The third-order valence-corrected chi connectivity index (χ3v) is 8.98. The van der Waals surface area contributed by atoms with Gasteiger partial charge in [0.15, 0.2) is 0 Å². The Morgan fingerprint density at radius 2 is 2.08 bits per heavy atom. The van der Waals surface area contributed by atoms with Gasteiger partial charge < -0.3 is 4.90 Å². The van der Waals surface area contributed by atoms with Crippen LogP contribution in [0.15, 0.2) is 17.5 Å². The molecule has 4 bridgehead atoms. The molecule has 1 aromatic heterocycles. The highest BCUT2D eigenvalue weighted by Crippen LogP contribution is 2.65. The van der Waals surface area contributed by atoms with Gasteiger partial charge in [-0.05, 0) is 80.1 Å². The summed E-state index contributed by atoms with van der Waals surface area (Å²) < 4.78 is 0.357. The van der Waals surface area contributed by atoms with Crippen LogP contribution in [-0.2, 0) is 4.79 Å². The molecule has 0 spiro atoms. The van der Waals surface area contributed by atoms with Gasteiger partial charge in [-0.15, -0.1) is 11.3 Å². The second kappa shape index (κ2) is 5.57. The predicted molar refractivity (Wildman–Crippen MR) is 101 cm³/mol. The standard InChI is InChI=1S/C20H26BrNOS/c21-20-10-14-7-15(11-20)9-19(8-14,13-20)12-18(23)22-5-1-3-16(22)17-4-2-6-24-17/h2,4,6,14-16H,1,3,5,7-13H2. The van der Waals surface area contributed by atoms with E-state index in [-0.39, 0.29) is 0 Å². The van der Waals surface area contributed by atoms with Crippen molar-refractivity contribution in [2.24, 2.45) is 17.3 Å². The lowest BCUT2D eigenvalue weighted by atomic mass is 9.48. The van der Waals surface area contributed by atoms with E-state index in [2.05, 4.69) is 38.3 Å². The Kier molecular flexibility index (Phi) is 3.68. The lowest BCUT2D eigenvalue weighted by molar-refractivity contribution is -0.139. The molecule has 6 rings (SSSR count). The van der Waals surface area contributed by atoms with Gasteiger partial charge in [0.25, 0.3) is 0 Å². The minimum atomic E-state index is 0.299. The van der Waals surface area contributed by atoms with Crippen molar-refractivity contribution in [1.82, 2.24) is 4.90 Å². The minimum absolute atomic E-state index is 0.299. The first-order chi connectivity index (χ1) is 11.5. The first-order valence-corrected chi connectivity index (χ1v) is 11.2. The van der Waals surface area contributed by atoms with Crippen LogP contribution in [0.25, 0.3) is 0 Å². The summed E-state index contributed by atoms with van der Waals surface area (Å²) in [6.07, 6.45) is 11.1. The van der Waals surface area contributed by atoms with Gasteiger partial charge in [-0.1, -0.05) is 22.0 Å². The number of halogens is 1. The normalized spacial score (nSPS) is 43.5. The number of nitrogens with zero attached hydrogens (tertiary/aromatic N) is 1. The minimum Gasteiger partial charge on any atom is -0.335 e. The highest BCUT2D eigenvalue weighted by atomic mass is 79.9. The molecule has 3 unspecified atom stereocenters. The second-order valence-corrected chi connectivity index (χ2v) is 11.7. The number of likely N-dealkylation sites (tertiary alicyclic amines) is 1. The smallest absolute Gasteiger partial charge is 0.223 e. The molecule has 24 heavy (non-hydrogen) atoms. The van der Waals surface area contributed by atoms with E-state index in [0.717, 1.165) is 37.6 Å². The van der Waals surface area contributed by atoms with Crippen LogP contribution in [0.2, 0.25) is 0 Å². The van der Waals surface area contributed by atoms with Crippen LogP contribution >= 0.6 is 27.3 Å². The van der Waals surface area contributed by atoms with Crippen molar-refractivity contribution in [3.05, 3.63) is 22.4 Å². The zero-order valence-corrected chi connectivity index (χ0v) is 16.6.